The number of carbonyl (C=O) groups excluding carboxylic acids is 1. The Morgan fingerprint density at radius 1 is 1.29 bits per heavy atom. The molecule has 0 spiro atoms. The molecule has 0 aromatic carbocycles. The standard InChI is InChI=1S/C16H28BNO3/c1-15(2)16(3,4)21-17(20-15)13-9-7-12(8-10-13)11-14(19)18(5)6/h9,12H,7-8,10-11H2,1-6H3. The summed E-state index contributed by atoms with van der Waals surface area (Å²) in [5, 5.41) is 0. The van der Waals surface area contributed by atoms with Crippen LogP contribution in [-0.4, -0.2) is 43.2 Å². The molecule has 1 aliphatic heterocycles. The van der Waals surface area contributed by atoms with Crippen molar-refractivity contribution >= 4 is 13.0 Å². The number of hydrogen-bond donors (Lipinski definition) is 0. The van der Waals surface area contributed by atoms with Gasteiger partial charge in [0.2, 0.25) is 5.91 Å². The molecule has 1 saturated heterocycles. The Balaban J connectivity index is 1.94. The van der Waals surface area contributed by atoms with Gasteiger partial charge < -0.3 is 14.2 Å². The van der Waals surface area contributed by atoms with Gasteiger partial charge >= 0.3 is 7.12 Å². The number of rotatable bonds is 3. The molecule has 1 amide bonds. The highest BCUT2D eigenvalue weighted by atomic mass is 16.7. The first-order valence-electron chi connectivity index (χ1n) is 7.87. The van der Waals surface area contributed by atoms with E-state index in [-0.39, 0.29) is 24.2 Å². The summed E-state index contributed by atoms with van der Waals surface area (Å²) < 4.78 is 12.2. The SMILES string of the molecule is CN(C)C(=O)CC1CC=C(B2OC(C)(C)C(C)(C)O2)CC1. The topological polar surface area (TPSA) is 38.8 Å². The minimum Gasteiger partial charge on any atom is -0.400 e. The number of allylic oxidation sites excluding steroid dienone is 2. The highest BCUT2D eigenvalue weighted by Gasteiger charge is 2.52. The number of hydrogen-bond acceptors (Lipinski definition) is 3. The molecule has 4 nitrogen and oxygen atoms in total. The summed E-state index contributed by atoms with van der Waals surface area (Å²) in [6.07, 6.45) is 5.80. The Morgan fingerprint density at radius 3 is 2.29 bits per heavy atom. The van der Waals surface area contributed by atoms with Gasteiger partial charge in [-0.15, -0.1) is 0 Å². The van der Waals surface area contributed by atoms with Crippen molar-refractivity contribution in [3.05, 3.63) is 11.5 Å². The normalized spacial score (nSPS) is 27.4. The molecule has 1 unspecified atom stereocenters. The first kappa shape index (κ1) is 16.6. The van der Waals surface area contributed by atoms with Crippen LogP contribution in [0.3, 0.4) is 0 Å². The second-order valence-corrected chi connectivity index (χ2v) is 7.50. The largest absolute Gasteiger partial charge is 0.490 e. The summed E-state index contributed by atoms with van der Waals surface area (Å²) in [4.78, 5) is 13.4. The first-order chi connectivity index (χ1) is 9.62. The lowest BCUT2D eigenvalue weighted by molar-refractivity contribution is -0.129. The van der Waals surface area contributed by atoms with Crippen molar-refractivity contribution in [1.29, 1.82) is 0 Å². The average Bonchev–Trinajstić information content (AvgIpc) is 2.59. The lowest BCUT2D eigenvalue weighted by atomic mass is 9.70. The van der Waals surface area contributed by atoms with Gasteiger partial charge in [-0.2, -0.15) is 0 Å². The predicted molar refractivity (Wildman–Crippen MR) is 84.8 cm³/mol. The summed E-state index contributed by atoms with van der Waals surface area (Å²) in [5.41, 5.74) is 0.675. The Morgan fingerprint density at radius 2 is 1.86 bits per heavy atom. The van der Waals surface area contributed by atoms with E-state index in [9.17, 15) is 4.79 Å². The van der Waals surface area contributed by atoms with Crippen molar-refractivity contribution < 1.29 is 14.1 Å². The van der Waals surface area contributed by atoms with E-state index in [4.69, 9.17) is 9.31 Å². The van der Waals surface area contributed by atoms with Crippen LogP contribution in [-0.2, 0) is 14.1 Å². The van der Waals surface area contributed by atoms with Gasteiger partial charge in [0.05, 0.1) is 11.2 Å². The van der Waals surface area contributed by atoms with Crippen molar-refractivity contribution in [3.8, 4) is 0 Å². The molecule has 0 aromatic heterocycles. The van der Waals surface area contributed by atoms with Crippen LogP contribution in [0.1, 0.15) is 53.4 Å². The first-order valence-corrected chi connectivity index (χ1v) is 7.87. The molecule has 1 atom stereocenters. The fourth-order valence-electron chi connectivity index (χ4n) is 2.73. The fraction of sp³-hybridized carbons (Fsp3) is 0.812. The number of amides is 1. The molecule has 0 saturated carbocycles. The zero-order valence-electron chi connectivity index (χ0n) is 14.2. The molecule has 0 radical (unpaired) electrons. The van der Waals surface area contributed by atoms with E-state index in [2.05, 4.69) is 33.8 Å². The zero-order chi connectivity index (χ0) is 15.8. The van der Waals surface area contributed by atoms with Crippen LogP contribution in [0.5, 0.6) is 0 Å². The Hall–Kier alpha value is -0.805. The third-order valence-electron chi connectivity index (χ3n) is 5.07. The van der Waals surface area contributed by atoms with E-state index in [1.165, 1.54) is 5.47 Å². The summed E-state index contributed by atoms with van der Waals surface area (Å²) in [7, 11) is 3.41. The number of nitrogens with zero attached hydrogens (tertiary/aromatic N) is 1. The van der Waals surface area contributed by atoms with Gasteiger partial charge in [0.15, 0.2) is 0 Å². The maximum Gasteiger partial charge on any atom is 0.490 e. The van der Waals surface area contributed by atoms with Crippen LogP contribution in [0, 0.1) is 5.92 Å². The van der Waals surface area contributed by atoms with Gasteiger partial charge in [0.1, 0.15) is 0 Å². The second-order valence-electron chi connectivity index (χ2n) is 7.50. The third kappa shape index (κ3) is 3.51. The summed E-state index contributed by atoms with van der Waals surface area (Å²) >= 11 is 0. The molecule has 1 fully saturated rings. The minimum absolute atomic E-state index is 0.215. The highest BCUT2D eigenvalue weighted by Crippen LogP contribution is 2.40. The van der Waals surface area contributed by atoms with Crippen molar-refractivity contribution in [3.63, 3.8) is 0 Å². The maximum absolute atomic E-state index is 11.8. The maximum atomic E-state index is 11.8. The summed E-state index contributed by atoms with van der Waals surface area (Å²) in [6, 6.07) is 0. The molecule has 0 N–H and O–H groups in total. The van der Waals surface area contributed by atoms with Gasteiger partial charge in [-0.3, -0.25) is 4.79 Å². The second kappa shape index (κ2) is 5.77. The van der Waals surface area contributed by atoms with E-state index in [1.54, 1.807) is 4.90 Å². The quantitative estimate of drug-likeness (QED) is 0.751. The molecule has 1 aliphatic carbocycles. The molecule has 2 rings (SSSR count). The molecule has 0 bridgehead atoms. The highest BCUT2D eigenvalue weighted by molar-refractivity contribution is 6.54. The van der Waals surface area contributed by atoms with Gasteiger partial charge in [0, 0.05) is 20.5 Å². The average molecular weight is 293 g/mol. The van der Waals surface area contributed by atoms with E-state index < -0.39 is 0 Å². The smallest absolute Gasteiger partial charge is 0.400 e. The third-order valence-corrected chi connectivity index (χ3v) is 5.07. The van der Waals surface area contributed by atoms with E-state index >= 15 is 0 Å². The molecular weight excluding hydrogens is 265 g/mol. The summed E-state index contributed by atoms with van der Waals surface area (Å²) in [6.45, 7) is 8.31. The Kier molecular flexibility index (Phi) is 4.55. The van der Waals surface area contributed by atoms with Crippen LogP contribution in [0.2, 0.25) is 0 Å². The Labute approximate surface area is 129 Å². The zero-order valence-corrected chi connectivity index (χ0v) is 14.2. The van der Waals surface area contributed by atoms with Crippen molar-refractivity contribution in [2.24, 2.45) is 5.92 Å². The molecule has 1 heterocycles. The molecule has 118 valence electrons. The van der Waals surface area contributed by atoms with E-state index in [1.807, 2.05) is 14.1 Å². The lowest BCUT2D eigenvalue weighted by Gasteiger charge is -2.32. The molecular formula is C16H28BNO3. The lowest BCUT2D eigenvalue weighted by Crippen LogP contribution is -2.41. The van der Waals surface area contributed by atoms with Crippen LogP contribution in [0.15, 0.2) is 11.5 Å². The van der Waals surface area contributed by atoms with Crippen LogP contribution < -0.4 is 0 Å². The van der Waals surface area contributed by atoms with Crippen LogP contribution >= 0.6 is 0 Å². The summed E-state index contributed by atoms with van der Waals surface area (Å²) in [5.74, 6) is 0.665. The molecule has 0 aromatic rings. The minimum atomic E-state index is -0.282. The number of carbonyl (C=O) groups is 1. The molecule has 5 heteroatoms. The van der Waals surface area contributed by atoms with Gasteiger partial charge in [-0.1, -0.05) is 6.08 Å². The van der Waals surface area contributed by atoms with Gasteiger partial charge in [-0.05, 0) is 58.3 Å². The van der Waals surface area contributed by atoms with Crippen LogP contribution in [0.25, 0.3) is 0 Å². The molecule has 2 aliphatic rings. The predicted octanol–water partition coefficient (Wildman–Crippen LogP) is 2.82. The monoisotopic (exact) mass is 293 g/mol. The Bertz CT molecular complexity index is 427. The van der Waals surface area contributed by atoms with E-state index in [0.29, 0.717) is 12.3 Å². The van der Waals surface area contributed by atoms with Crippen molar-refractivity contribution in [2.45, 2.75) is 64.6 Å². The fourth-order valence-corrected chi connectivity index (χ4v) is 2.73. The van der Waals surface area contributed by atoms with Gasteiger partial charge in [-0.25, -0.2) is 0 Å². The molecule has 21 heavy (non-hydrogen) atoms. The van der Waals surface area contributed by atoms with Gasteiger partial charge in [0.25, 0.3) is 0 Å². The van der Waals surface area contributed by atoms with Crippen molar-refractivity contribution in [1.82, 2.24) is 4.90 Å². The van der Waals surface area contributed by atoms with E-state index in [0.717, 1.165) is 19.3 Å². The van der Waals surface area contributed by atoms with Crippen molar-refractivity contribution in [2.75, 3.05) is 14.1 Å². The van der Waals surface area contributed by atoms with Crippen LogP contribution in [0.4, 0.5) is 0 Å².